The van der Waals surface area contributed by atoms with Gasteiger partial charge in [0.15, 0.2) is 0 Å². The lowest BCUT2D eigenvalue weighted by molar-refractivity contribution is -0.139. The topological polar surface area (TPSA) is 65.7 Å². The van der Waals surface area contributed by atoms with E-state index in [0.717, 1.165) is 68.7 Å². The number of piperidine rings is 1. The summed E-state index contributed by atoms with van der Waals surface area (Å²) in [5, 5.41) is 4.15. The maximum absolute atomic E-state index is 13.3. The number of nitrogens with zero attached hydrogens (tertiary/aromatic N) is 5. The average Bonchev–Trinajstić information content (AvgIpc) is 3.38. The zero-order valence-electron chi connectivity index (χ0n) is 20.4. The molecule has 7 nitrogen and oxygen atoms in total. The molecule has 0 bridgehead atoms. The molecule has 0 radical (unpaired) electrons. The van der Waals surface area contributed by atoms with Gasteiger partial charge in [-0.2, -0.15) is 4.98 Å². The highest BCUT2D eigenvalue weighted by molar-refractivity contribution is 9.10. The summed E-state index contributed by atoms with van der Waals surface area (Å²) in [6.45, 7) is 6.62. The standard InChI is InChI=1S/C28H32BrN5O2/c29-25-12-4-10-23(19-25)27-30-26(36-31-27)21-33-14-6-11-24(20-33)28(35)34-17-15-32(16-18-34)13-5-9-22-7-2-1-3-8-22/h1-5,7-10,12,19,24H,6,11,13-18,20-21H2/b9-5+. The van der Waals surface area contributed by atoms with Crippen LogP contribution in [0.3, 0.4) is 0 Å². The largest absolute Gasteiger partial charge is 0.340 e. The molecular formula is C28H32BrN5O2. The molecular weight excluding hydrogens is 518 g/mol. The molecule has 1 amide bonds. The van der Waals surface area contributed by atoms with Gasteiger partial charge in [0.25, 0.3) is 0 Å². The molecule has 0 N–H and O–H groups in total. The Morgan fingerprint density at radius 2 is 1.86 bits per heavy atom. The van der Waals surface area contributed by atoms with Crippen molar-refractivity contribution in [3.8, 4) is 11.4 Å². The quantitative estimate of drug-likeness (QED) is 0.430. The molecule has 2 aliphatic heterocycles. The highest BCUT2D eigenvalue weighted by Gasteiger charge is 2.31. The average molecular weight is 551 g/mol. The first-order chi connectivity index (χ1) is 17.6. The molecule has 5 rings (SSSR count). The van der Waals surface area contributed by atoms with Crippen molar-refractivity contribution >= 4 is 27.9 Å². The number of halogens is 1. The molecule has 8 heteroatoms. The van der Waals surface area contributed by atoms with E-state index in [1.165, 1.54) is 5.56 Å². The lowest BCUT2D eigenvalue weighted by Gasteiger charge is -2.38. The molecule has 3 aromatic rings. The van der Waals surface area contributed by atoms with Crippen molar-refractivity contribution in [1.82, 2.24) is 24.8 Å². The number of aromatic nitrogens is 2. The SMILES string of the molecule is O=C(C1CCCN(Cc2nc(-c3cccc(Br)c3)no2)C1)N1CCN(C/C=C/c2ccccc2)CC1. The van der Waals surface area contributed by atoms with Crippen molar-refractivity contribution in [2.75, 3.05) is 45.8 Å². The van der Waals surface area contributed by atoms with Gasteiger partial charge in [0.1, 0.15) is 0 Å². The summed E-state index contributed by atoms with van der Waals surface area (Å²) in [4.78, 5) is 24.6. The summed E-state index contributed by atoms with van der Waals surface area (Å²) < 4.78 is 6.50. The fourth-order valence-electron chi connectivity index (χ4n) is 4.97. The molecule has 1 unspecified atom stereocenters. The van der Waals surface area contributed by atoms with Gasteiger partial charge >= 0.3 is 0 Å². The zero-order chi connectivity index (χ0) is 24.7. The molecule has 1 atom stereocenters. The summed E-state index contributed by atoms with van der Waals surface area (Å²) in [7, 11) is 0. The van der Waals surface area contributed by atoms with Gasteiger partial charge in [-0.25, -0.2) is 0 Å². The number of rotatable bonds is 7. The summed E-state index contributed by atoms with van der Waals surface area (Å²) in [6, 6.07) is 18.2. The number of likely N-dealkylation sites (tertiary alicyclic amines) is 1. The Morgan fingerprint density at radius 3 is 2.67 bits per heavy atom. The molecule has 0 aliphatic carbocycles. The fourth-order valence-corrected chi connectivity index (χ4v) is 5.37. The van der Waals surface area contributed by atoms with Crippen LogP contribution in [0, 0.1) is 5.92 Å². The van der Waals surface area contributed by atoms with E-state index in [1.54, 1.807) is 0 Å². The first kappa shape index (κ1) is 24.9. The summed E-state index contributed by atoms with van der Waals surface area (Å²) in [5.74, 6) is 1.51. The Bertz CT molecular complexity index is 1170. The number of benzene rings is 2. The molecule has 2 aromatic carbocycles. The number of hydrogen-bond acceptors (Lipinski definition) is 6. The molecule has 2 fully saturated rings. The molecule has 0 spiro atoms. The third kappa shape index (κ3) is 6.49. The molecule has 188 valence electrons. The van der Waals surface area contributed by atoms with Crippen LogP contribution in [-0.4, -0.2) is 76.6 Å². The van der Waals surface area contributed by atoms with Crippen LogP contribution in [0.4, 0.5) is 0 Å². The van der Waals surface area contributed by atoms with Crippen LogP contribution in [0.25, 0.3) is 17.5 Å². The molecule has 2 aliphatic rings. The first-order valence-electron chi connectivity index (χ1n) is 12.7. The smallest absolute Gasteiger partial charge is 0.241 e. The number of hydrogen-bond donors (Lipinski definition) is 0. The monoisotopic (exact) mass is 549 g/mol. The summed E-state index contributed by atoms with van der Waals surface area (Å²) >= 11 is 3.49. The second-order valence-electron chi connectivity index (χ2n) is 9.54. The molecule has 36 heavy (non-hydrogen) atoms. The van der Waals surface area contributed by atoms with Gasteiger partial charge in [0, 0.05) is 49.3 Å². The van der Waals surface area contributed by atoms with Gasteiger partial charge in [0.2, 0.25) is 17.6 Å². The number of carbonyl (C=O) groups is 1. The van der Waals surface area contributed by atoms with Crippen molar-refractivity contribution in [1.29, 1.82) is 0 Å². The van der Waals surface area contributed by atoms with Crippen molar-refractivity contribution in [2.24, 2.45) is 5.92 Å². The highest BCUT2D eigenvalue weighted by atomic mass is 79.9. The summed E-state index contributed by atoms with van der Waals surface area (Å²) in [6.07, 6.45) is 6.33. The van der Waals surface area contributed by atoms with E-state index in [-0.39, 0.29) is 5.92 Å². The predicted molar refractivity (Wildman–Crippen MR) is 144 cm³/mol. The van der Waals surface area contributed by atoms with Crippen molar-refractivity contribution in [3.63, 3.8) is 0 Å². The third-order valence-electron chi connectivity index (χ3n) is 6.92. The van der Waals surface area contributed by atoms with Gasteiger partial charge in [-0.1, -0.05) is 75.7 Å². The normalized spacial score (nSPS) is 19.7. The van der Waals surface area contributed by atoms with E-state index < -0.39 is 0 Å². The second kappa shape index (κ2) is 12.0. The maximum atomic E-state index is 13.3. The third-order valence-corrected chi connectivity index (χ3v) is 7.42. The summed E-state index contributed by atoms with van der Waals surface area (Å²) in [5.41, 5.74) is 2.14. The minimum Gasteiger partial charge on any atom is -0.340 e. The van der Waals surface area contributed by atoms with E-state index in [4.69, 9.17) is 4.52 Å². The van der Waals surface area contributed by atoms with E-state index in [0.29, 0.717) is 24.2 Å². The van der Waals surface area contributed by atoms with Gasteiger partial charge in [-0.05, 0) is 37.1 Å². The Labute approximate surface area is 220 Å². The van der Waals surface area contributed by atoms with E-state index in [2.05, 4.69) is 77.2 Å². The molecule has 3 heterocycles. The zero-order valence-corrected chi connectivity index (χ0v) is 22.0. The van der Waals surface area contributed by atoms with Gasteiger partial charge < -0.3 is 9.42 Å². The fraction of sp³-hybridized carbons (Fsp3) is 0.393. The van der Waals surface area contributed by atoms with Crippen LogP contribution < -0.4 is 0 Å². The van der Waals surface area contributed by atoms with Crippen LogP contribution in [0.2, 0.25) is 0 Å². The molecule has 2 saturated heterocycles. The van der Waals surface area contributed by atoms with E-state index >= 15 is 0 Å². The van der Waals surface area contributed by atoms with Crippen LogP contribution in [0.5, 0.6) is 0 Å². The first-order valence-corrected chi connectivity index (χ1v) is 13.5. The lowest BCUT2D eigenvalue weighted by atomic mass is 9.96. The van der Waals surface area contributed by atoms with Crippen LogP contribution in [0.15, 0.2) is 69.7 Å². The van der Waals surface area contributed by atoms with Crippen molar-refractivity contribution in [2.45, 2.75) is 19.4 Å². The maximum Gasteiger partial charge on any atom is 0.241 e. The van der Waals surface area contributed by atoms with Crippen LogP contribution in [0.1, 0.15) is 24.3 Å². The Morgan fingerprint density at radius 1 is 1.03 bits per heavy atom. The molecule has 1 aromatic heterocycles. The van der Waals surface area contributed by atoms with Crippen molar-refractivity contribution < 1.29 is 9.32 Å². The van der Waals surface area contributed by atoms with Crippen LogP contribution in [-0.2, 0) is 11.3 Å². The number of piperazine rings is 1. The molecule has 0 saturated carbocycles. The Balaban J connectivity index is 1.09. The Kier molecular flexibility index (Phi) is 8.25. The van der Waals surface area contributed by atoms with Gasteiger partial charge in [-0.3, -0.25) is 14.6 Å². The minimum absolute atomic E-state index is 0.0377. The van der Waals surface area contributed by atoms with Crippen molar-refractivity contribution in [3.05, 3.63) is 76.6 Å². The van der Waals surface area contributed by atoms with Gasteiger partial charge in [-0.15, -0.1) is 0 Å². The second-order valence-corrected chi connectivity index (χ2v) is 10.5. The lowest BCUT2D eigenvalue weighted by Crippen LogP contribution is -2.52. The Hall–Kier alpha value is -2.81. The van der Waals surface area contributed by atoms with E-state index in [1.807, 2.05) is 30.3 Å². The van der Waals surface area contributed by atoms with E-state index in [9.17, 15) is 4.79 Å². The van der Waals surface area contributed by atoms with Gasteiger partial charge in [0.05, 0.1) is 12.5 Å². The predicted octanol–water partition coefficient (Wildman–Crippen LogP) is 4.57. The van der Waals surface area contributed by atoms with Crippen LogP contribution >= 0.6 is 15.9 Å². The minimum atomic E-state index is 0.0377. The highest BCUT2D eigenvalue weighted by Crippen LogP contribution is 2.23. The number of carbonyl (C=O) groups excluding carboxylic acids is 1. The number of amides is 1.